The number of anilines is 1. The lowest BCUT2D eigenvalue weighted by Crippen LogP contribution is -2.17. The second kappa shape index (κ2) is 8.79. The van der Waals surface area contributed by atoms with E-state index in [4.69, 9.17) is 0 Å². The third kappa shape index (κ3) is 4.56. The highest BCUT2D eigenvalue weighted by Crippen LogP contribution is 2.31. The fourth-order valence-corrected chi connectivity index (χ4v) is 3.50. The summed E-state index contributed by atoms with van der Waals surface area (Å²) in [6.07, 6.45) is 0.711. The zero-order valence-corrected chi connectivity index (χ0v) is 17.2. The number of amidine groups is 1. The third-order valence-corrected chi connectivity index (χ3v) is 5.12. The number of fused-ring (bicyclic) bond motifs is 1. The number of nitrogens with one attached hydrogen (secondary N) is 1. The summed E-state index contributed by atoms with van der Waals surface area (Å²) in [6.45, 7) is 1.39. The molecule has 0 saturated carbocycles. The second-order valence-electron chi connectivity index (χ2n) is 6.85. The number of hydrogen-bond donors (Lipinski definition) is 2. The van der Waals surface area contributed by atoms with E-state index in [1.807, 2.05) is 19.0 Å². The maximum atomic E-state index is 14.3. The molecule has 0 aromatic heterocycles. The lowest BCUT2D eigenvalue weighted by molar-refractivity contribution is 0.318. The van der Waals surface area contributed by atoms with Gasteiger partial charge in [0.15, 0.2) is 0 Å². The molecule has 0 radical (unpaired) electrons. The van der Waals surface area contributed by atoms with Crippen LogP contribution in [0.3, 0.4) is 0 Å². The Labute approximate surface area is 170 Å². The Bertz CT molecular complexity index is 944. The normalized spacial score (nSPS) is 15.2. The molecule has 0 aliphatic carbocycles. The number of likely N-dealkylation sites (N-methyl/N-ethyl adjacent to an activating group) is 1. The standard InChI is InChI=1S/C20H21BrF2N4O/c1-27(2)8-7-24-19-11-14-13(4-6-17(23)20(14)25-19)18(26-28)10-12-3-5-16(22)15(21)9-12/h3-6,9,28H,7-8,10-11H2,1-2H3,(H,24,25)/b26-18+. The van der Waals surface area contributed by atoms with Crippen molar-refractivity contribution in [3.05, 3.63) is 63.1 Å². The summed E-state index contributed by atoms with van der Waals surface area (Å²) in [4.78, 5) is 6.52. The van der Waals surface area contributed by atoms with E-state index in [9.17, 15) is 14.0 Å². The largest absolute Gasteiger partial charge is 0.411 e. The molecule has 1 aliphatic heterocycles. The molecule has 0 amide bonds. The van der Waals surface area contributed by atoms with Crippen molar-refractivity contribution in [3.63, 3.8) is 0 Å². The van der Waals surface area contributed by atoms with E-state index >= 15 is 0 Å². The molecule has 1 aliphatic rings. The Hall–Kier alpha value is -2.32. The molecule has 0 saturated heterocycles. The van der Waals surface area contributed by atoms with Crippen molar-refractivity contribution in [1.82, 2.24) is 4.90 Å². The van der Waals surface area contributed by atoms with Gasteiger partial charge in [-0.25, -0.2) is 8.78 Å². The molecule has 0 bridgehead atoms. The van der Waals surface area contributed by atoms with Gasteiger partial charge in [0, 0.05) is 24.9 Å². The van der Waals surface area contributed by atoms with Gasteiger partial charge in [-0.2, -0.15) is 0 Å². The van der Waals surface area contributed by atoms with Crippen molar-refractivity contribution < 1.29 is 14.0 Å². The van der Waals surface area contributed by atoms with Crippen molar-refractivity contribution in [2.45, 2.75) is 12.8 Å². The minimum Gasteiger partial charge on any atom is -0.411 e. The van der Waals surface area contributed by atoms with Gasteiger partial charge in [-0.15, -0.1) is 0 Å². The Morgan fingerprint density at radius 1 is 1.21 bits per heavy atom. The fraction of sp³-hybridized carbons (Fsp3) is 0.300. The van der Waals surface area contributed by atoms with E-state index in [0.717, 1.165) is 12.1 Å². The number of aliphatic imine (C=N–C) groups is 1. The first-order valence-corrected chi connectivity index (χ1v) is 9.60. The van der Waals surface area contributed by atoms with Gasteiger partial charge >= 0.3 is 0 Å². The SMILES string of the molecule is CN(C)CCN=C1Cc2c(/C(Cc3ccc(F)c(Br)c3)=N/O)ccc(F)c2N1. The summed E-state index contributed by atoms with van der Waals surface area (Å²) in [5, 5.41) is 16.1. The Morgan fingerprint density at radius 3 is 2.64 bits per heavy atom. The van der Waals surface area contributed by atoms with E-state index in [2.05, 4.69) is 31.4 Å². The first-order chi connectivity index (χ1) is 13.4. The summed E-state index contributed by atoms with van der Waals surface area (Å²) in [7, 11) is 3.93. The molecule has 5 nitrogen and oxygen atoms in total. The molecule has 0 unspecified atom stereocenters. The summed E-state index contributed by atoms with van der Waals surface area (Å²) in [5.74, 6) is -0.0555. The molecular weight excluding hydrogens is 430 g/mol. The van der Waals surface area contributed by atoms with Gasteiger partial charge in [0.25, 0.3) is 0 Å². The van der Waals surface area contributed by atoms with Gasteiger partial charge in [-0.3, -0.25) is 4.99 Å². The number of halogens is 3. The van der Waals surface area contributed by atoms with E-state index < -0.39 is 0 Å². The molecule has 1 heterocycles. The van der Waals surface area contributed by atoms with Crippen LogP contribution in [0.25, 0.3) is 0 Å². The van der Waals surface area contributed by atoms with Crippen molar-refractivity contribution in [2.24, 2.45) is 10.1 Å². The van der Waals surface area contributed by atoms with Crippen LogP contribution in [0.1, 0.15) is 16.7 Å². The lowest BCUT2D eigenvalue weighted by atomic mass is 9.96. The van der Waals surface area contributed by atoms with Crippen molar-refractivity contribution in [3.8, 4) is 0 Å². The number of benzene rings is 2. The highest BCUT2D eigenvalue weighted by molar-refractivity contribution is 9.10. The molecule has 148 valence electrons. The van der Waals surface area contributed by atoms with Crippen molar-refractivity contribution in [2.75, 3.05) is 32.5 Å². The predicted molar refractivity (Wildman–Crippen MR) is 111 cm³/mol. The molecule has 3 rings (SSSR count). The summed E-state index contributed by atoms with van der Waals surface area (Å²) in [5.41, 5.74) is 2.86. The average Bonchev–Trinajstić information content (AvgIpc) is 3.08. The third-order valence-electron chi connectivity index (χ3n) is 4.51. The van der Waals surface area contributed by atoms with Gasteiger partial charge < -0.3 is 15.4 Å². The monoisotopic (exact) mass is 450 g/mol. The molecule has 2 aromatic carbocycles. The molecule has 0 fully saturated rings. The van der Waals surface area contributed by atoms with E-state index in [1.165, 1.54) is 12.1 Å². The smallest absolute Gasteiger partial charge is 0.147 e. The molecule has 0 spiro atoms. The van der Waals surface area contributed by atoms with Crippen LogP contribution in [0.2, 0.25) is 0 Å². The summed E-state index contributed by atoms with van der Waals surface area (Å²) in [6, 6.07) is 7.56. The highest BCUT2D eigenvalue weighted by atomic mass is 79.9. The van der Waals surface area contributed by atoms with Crippen LogP contribution in [0.15, 0.2) is 45.0 Å². The number of oxime groups is 1. The second-order valence-corrected chi connectivity index (χ2v) is 7.71. The van der Waals surface area contributed by atoms with Crippen LogP contribution >= 0.6 is 15.9 Å². The first-order valence-electron chi connectivity index (χ1n) is 8.80. The fourth-order valence-electron chi connectivity index (χ4n) is 3.07. The van der Waals surface area contributed by atoms with Crippen LogP contribution in [-0.4, -0.2) is 48.8 Å². The van der Waals surface area contributed by atoms with Gasteiger partial charge in [0.1, 0.15) is 17.5 Å². The Balaban J connectivity index is 1.87. The zero-order valence-electron chi connectivity index (χ0n) is 15.6. The van der Waals surface area contributed by atoms with Crippen LogP contribution in [-0.2, 0) is 12.8 Å². The minimum absolute atomic E-state index is 0.278. The van der Waals surface area contributed by atoms with Gasteiger partial charge in [0.05, 0.1) is 22.4 Å². The predicted octanol–water partition coefficient (Wildman–Crippen LogP) is 4.08. The highest BCUT2D eigenvalue weighted by Gasteiger charge is 2.25. The van der Waals surface area contributed by atoms with Gasteiger partial charge in [-0.05, 0) is 65.4 Å². The lowest BCUT2D eigenvalue weighted by Gasteiger charge is -2.11. The van der Waals surface area contributed by atoms with Crippen molar-refractivity contribution in [1.29, 1.82) is 0 Å². The molecule has 8 heteroatoms. The molecular formula is C20H21BrF2N4O. The summed E-state index contributed by atoms with van der Waals surface area (Å²) < 4.78 is 28.1. The average molecular weight is 451 g/mol. The van der Waals surface area contributed by atoms with Gasteiger partial charge in [0.2, 0.25) is 0 Å². The molecule has 2 aromatic rings. The zero-order chi connectivity index (χ0) is 20.3. The maximum Gasteiger partial charge on any atom is 0.147 e. The first kappa shape index (κ1) is 20.4. The van der Waals surface area contributed by atoms with Crippen LogP contribution in [0.5, 0.6) is 0 Å². The van der Waals surface area contributed by atoms with Gasteiger partial charge in [-0.1, -0.05) is 11.2 Å². The quantitative estimate of drug-likeness (QED) is 0.396. The Kier molecular flexibility index (Phi) is 6.41. The van der Waals surface area contributed by atoms with Crippen LogP contribution in [0.4, 0.5) is 14.5 Å². The van der Waals surface area contributed by atoms with Crippen LogP contribution in [0, 0.1) is 11.6 Å². The van der Waals surface area contributed by atoms with E-state index in [1.54, 1.807) is 18.2 Å². The maximum absolute atomic E-state index is 14.3. The van der Waals surface area contributed by atoms with E-state index in [-0.39, 0.29) is 18.1 Å². The number of hydrogen-bond acceptors (Lipinski definition) is 4. The molecule has 0 atom stereocenters. The number of rotatable bonds is 6. The Morgan fingerprint density at radius 2 is 1.96 bits per heavy atom. The molecule has 28 heavy (non-hydrogen) atoms. The van der Waals surface area contributed by atoms with E-state index in [0.29, 0.717) is 45.8 Å². The molecule has 2 N–H and O–H groups in total. The topological polar surface area (TPSA) is 60.2 Å². The van der Waals surface area contributed by atoms with Crippen molar-refractivity contribution >= 4 is 33.2 Å². The van der Waals surface area contributed by atoms with Crippen LogP contribution < -0.4 is 5.32 Å². The summed E-state index contributed by atoms with van der Waals surface area (Å²) >= 11 is 3.16. The minimum atomic E-state index is -0.377. The number of nitrogens with zero attached hydrogens (tertiary/aromatic N) is 3.